The van der Waals surface area contributed by atoms with Gasteiger partial charge in [0.2, 0.25) is 5.91 Å². The van der Waals surface area contributed by atoms with Crippen molar-refractivity contribution >= 4 is 11.8 Å². The Morgan fingerprint density at radius 1 is 1.22 bits per heavy atom. The molecular formula is C14H13N2O2. The molecule has 0 saturated heterocycles. The lowest BCUT2D eigenvalue weighted by atomic mass is 10.1. The van der Waals surface area contributed by atoms with Gasteiger partial charge in [-0.25, -0.2) is 5.32 Å². The van der Waals surface area contributed by atoms with Gasteiger partial charge >= 0.3 is 0 Å². The summed E-state index contributed by atoms with van der Waals surface area (Å²) in [5, 5.41) is 6.15. The van der Waals surface area contributed by atoms with Crippen LogP contribution in [0.2, 0.25) is 0 Å². The van der Waals surface area contributed by atoms with Gasteiger partial charge in [-0.2, -0.15) is 0 Å². The van der Waals surface area contributed by atoms with Gasteiger partial charge in [0.25, 0.3) is 5.91 Å². The van der Waals surface area contributed by atoms with Crippen LogP contribution in [0.15, 0.2) is 54.4 Å². The van der Waals surface area contributed by atoms with Crippen LogP contribution in [0, 0.1) is 0 Å². The molecule has 0 saturated carbocycles. The molecule has 0 aliphatic carbocycles. The quantitative estimate of drug-likeness (QED) is 0.863. The average molecular weight is 241 g/mol. The molecule has 0 atom stereocenters. The number of rotatable bonds is 4. The van der Waals surface area contributed by atoms with E-state index in [4.69, 9.17) is 0 Å². The number of allylic oxidation sites excluding steroid dienone is 2. The third-order valence-electron chi connectivity index (χ3n) is 2.53. The topological polar surface area (TPSA) is 60.3 Å². The van der Waals surface area contributed by atoms with Gasteiger partial charge in [0, 0.05) is 12.6 Å². The van der Waals surface area contributed by atoms with Gasteiger partial charge in [-0.15, -0.1) is 0 Å². The summed E-state index contributed by atoms with van der Waals surface area (Å²) in [6, 6.07) is 9.74. The molecule has 18 heavy (non-hydrogen) atoms. The minimum atomic E-state index is -0.412. The van der Waals surface area contributed by atoms with Crippen LogP contribution in [0.1, 0.15) is 12.0 Å². The lowest BCUT2D eigenvalue weighted by molar-refractivity contribution is -0.123. The molecule has 0 fully saturated rings. The zero-order valence-corrected chi connectivity index (χ0v) is 9.80. The zero-order valence-electron chi connectivity index (χ0n) is 9.80. The van der Waals surface area contributed by atoms with Crippen molar-refractivity contribution in [3.8, 4) is 0 Å². The van der Waals surface area contributed by atoms with E-state index in [2.05, 4.69) is 10.6 Å². The molecule has 2 amide bonds. The molecule has 0 unspecified atom stereocenters. The number of nitrogens with one attached hydrogen (secondary N) is 1. The van der Waals surface area contributed by atoms with Gasteiger partial charge in [0.05, 0.1) is 0 Å². The maximum absolute atomic E-state index is 11.7. The van der Waals surface area contributed by atoms with Gasteiger partial charge in [-0.05, 0) is 24.1 Å². The Bertz CT molecular complexity index is 504. The molecule has 4 nitrogen and oxygen atoms in total. The number of nitrogens with zero attached hydrogens (tertiary/aromatic N) is 1. The second-order valence-corrected chi connectivity index (χ2v) is 3.89. The van der Waals surface area contributed by atoms with Crippen molar-refractivity contribution in [1.29, 1.82) is 0 Å². The highest BCUT2D eigenvalue weighted by molar-refractivity contribution is 5.98. The Labute approximate surface area is 105 Å². The number of hydrogen-bond acceptors (Lipinski definition) is 2. The Morgan fingerprint density at radius 2 is 2.00 bits per heavy atom. The molecule has 4 heteroatoms. The highest BCUT2D eigenvalue weighted by Gasteiger charge is 2.14. The van der Waals surface area contributed by atoms with Gasteiger partial charge < -0.3 is 5.32 Å². The van der Waals surface area contributed by atoms with Crippen molar-refractivity contribution < 1.29 is 9.59 Å². The monoisotopic (exact) mass is 241 g/mol. The van der Waals surface area contributed by atoms with Crippen LogP contribution in [-0.4, -0.2) is 11.8 Å². The van der Waals surface area contributed by atoms with Crippen LogP contribution >= 0.6 is 0 Å². The highest BCUT2D eigenvalue weighted by Crippen LogP contribution is 2.04. The number of carbonyl (C=O) groups is 2. The first-order valence-electron chi connectivity index (χ1n) is 5.71. The molecule has 1 radical (unpaired) electrons. The largest absolute Gasteiger partial charge is 0.321 e. The van der Waals surface area contributed by atoms with E-state index in [1.807, 2.05) is 30.3 Å². The maximum Gasteiger partial charge on any atom is 0.293 e. The van der Waals surface area contributed by atoms with Crippen molar-refractivity contribution in [2.24, 2.45) is 0 Å². The van der Waals surface area contributed by atoms with E-state index >= 15 is 0 Å². The number of benzene rings is 1. The van der Waals surface area contributed by atoms with E-state index in [0.29, 0.717) is 12.8 Å². The molecule has 0 aromatic heterocycles. The van der Waals surface area contributed by atoms with Crippen LogP contribution in [0.25, 0.3) is 0 Å². The van der Waals surface area contributed by atoms with Crippen molar-refractivity contribution in [3.05, 3.63) is 59.9 Å². The van der Waals surface area contributed by atoms with E-state index < -0.39 is 5.91 Å². The van der Waals surface area contributed by atoms with Crippen molar-refractivity contribution in [2.75, 3.05) is 0 Å². The van der Waals surface area contributed by atoms with Gasteiger partial charge in [0.1, 0.15) is 5.70 Å². The lowest BCUT2D eigenvalue weighted by Gasteiger charge is -2.09. The van der Waals surface area contributed by atoms with Crippen molar-refractivity contribution in [1.82, 2.24) is 10.6 Å². The average Bonchev–Trinajstić information content (AvgIpc) is 2.40. The predicted octanol–water partition coefficient (Wildman–Crippen LogP) is 1.28. The molecular weight excluding hydrogens is 228 g/mol. The lowest BCUT2D eigenvalue weighted by Crippen LogP contribution is -2.31. The Balaban J connectivity index is 1.84. The summed E-state index contributed by atoms with van der Waals surface area (Å²) in [6.45, 7) is 0. The number of amides is 2. The highest BCUT2D eigenvalue weighted by atomic mass is 16.2. The Hall–Kier alpha value is -2.36. The van der Waals surface area contributed by atoms with Gasteiger partial charge in [-0.3, -0.25) is 9.59 Å². The smallest absolute Gasteiger partial charge is 0.293 e. The molecule has 1 aliphatic rings. The minimum Gasteiger partial charge on any atom is -0.321 e. The number of hydrogen-bond donors (Lipinski definition) is 1. The zero-order chi connectivity index (χ0) is 12.8. The van der Waals surface area contributed by atoms with E-state index in [0.717, 1.165) is 5.56 Å². The van der Waals surface area contributed by atoms with Crippen LogP contribution in [-0.2, 0) is 16.0 Å². The summed E-state index contributed by atoms with van der Waals surface area (Å²) in [5.74, 6) is -0.588. The molecule has 2 rings (SSSR count). The van der Waals surface area contributed by atoms with Crippen molar-refractivity contribution in [3.63, 3.8) is 0 Å². The summed E-state index contributed by atoms with van der Waals surface area (Å²) < 4.78 is 0. The van der Waals surface area contributed by atoms with Crippen LogP contribution in [0.5, 0.6) is 0 Å². The minimum absolute atomic E-state index is 0.177. The van der Waals surface area contributed by atoms with Gasteiger partial charge in [-0.1, -0.05) is 30.3 Å². The second-order valence-electron chi connectivity index (χ2n) is 3.89. The van der Waals surface area contributed by atoms with E-state index in [-0.39, 0.29) is 11.6 Å². The molecule has 0 bridgehead atoms. The first-order valence-corrected chi connectivity index (χ1v) is 5.71. The SMILES string of the molecule is O=C(CCc1ccccc1)NC1=CC=C[N]C1=O. The fraction of sp³-hybridized carbons (Fsp3) is 0.143. The normalized spacial score (nSPS) is 13.8. The summed E-state index contributed by atoms with van der Waals surface area (Å²) in [5.41, 5.74) is 1.33. The van der Waals surface area contributed by atoms with Gasteiger partial charge in [0.15, 0.2) is 0 Å². The predicted molar refractivity (Wildman–Crippen MR) is 67.3 cm³/mol. The summed E-state index contributed by atoms with van der Waals surface area (Å²) in [6.07, 6.45) is 5.57. The molecule has 1 aliphatic heterocycles. The maximum atomic E-state index is 11.7. The number of carbonyl (C=O) groups excluding carboxylic acids is 2. The van der Waals surface area contributed by atoms with E-state index in [9.17, 15) is 9.59 Å². The second kappa shape index (κ2) is 5.82. The summed E-state index contributed by atoms with van der Waals surface area (Å²) >= 11 is 0. The fourth-order valence-corrected chi connectivity index (χ4v) is 1.60. The first-order chi connectivity index (χ1) is 8.75. The number of aryl methyl sites for hydroxylation is 1. The molecule has 91 valence electrons. The Morgan fingerprint density at radius 3 is 2.72 bits per heavy atom. The Kier molecular flexibility index (Phi) is 3.91. The molecule has 1 aromatic rings. The molecule has 1 N–H and O–H groups in total. The molecule has 0 spiro atoms. The standard InChI is InChI=1S/C14H13N2O2/c17-13(9-8-11-5-2-1-3-6-11)16-12-7-4-10-15-14(12)18/h1-7,10H,8-9H2,(H,16,17). The first kappa shape index (κ1) is 12.1. The van der Waals surface area contributed by atoms with E-state index in [1.54, 1.807) is 12.2 Å². The van der Waals surface area contributed by atoms with Crippen molar-refractivity contribution in [2.45, 2.75) is 12.8 Å². The molecule has 1 aromatic carbocycles. The third-order valence-corrected chi connectivity index (χ3v) is 2.53. The van der Waals surface area contributed by atoms with Crippen LogP contribution in [0.3, 0.4) is 0 Å². The van der Waals surface area contributed by atoms with Crippen LogP contribution < -0.4 is 10.6 Å². The molecule has 1 heterocycles. The fourth-order valence-electron chi connectivity index (χ4n) is 1.60. The van der Waals surface area contributed by atoms with E-state index in [1.165, 1.54) is 6.20 Å². The summed E-state index contributed by atoms with van der Waals surface area (Å²) in [7, 11) is 0. The van der Waals surface area contributed by atoms with Crippen LogP contribution in [0.4, 0.5) is 0 Å². The summed E-state index contributed by atoms with van der Waals surface area (Å²) in [4.78, 5) is 23.0. The third kappa shape index (κ3) is 3.31.